The van der Waals surface area contributed by atoms with Crippen molar-refractivity contribution in [2.75, 3.05) is 18.0 Å². The topological polar surface area (TPSA) is 68.5 Å². The molecule has 6 heteroatoms. The maximum Gasteiger partial charge on any atom is 0.250 e. The van der Waals surface area contributed by atoms with Crippen molar-refractivity contribution in [1.29, 1.82) is 0 Å². The Morgan fingerprint density at radius 1 is 1.11 bits per heavy atom. The number of halogens is 1. The summed E-state index contributed by atoms with van der Waals surface area (Å²) in [6.45, 7) is 1.40. The van der Waals surface area contributed by atoms with E-state index in [9.17, 15) is 4.79 Å². The quantitative estimate of drug-likeness (QED) is 0.706. The highest BCUT2D eigenvalue weighted by atomic mass is 35.5. The Morgan fingerprint density at radius 2 is 1.93 bits per heavy atom. The molecule has 1 unspecified atom stereocenters. The summed E-state index contributed by atoms with van der Waals surface area (Å²) in [6.07, 6.45) is 2.41. The number of hydrogen-bond acceptors (Lipinski definition) is 4. The van der Waals surface area contributed by atoms with Gasteiger partial charge < -0.3 is 15.4 Å². The molecule has 2 aromatic carbocycles. The molecular weight excluding hydrogens is 374 g/mol. The van der Waals surface area contributed by atoms with Crippen LogP contribution in [0.25, 0.3) is 11.1 Å². The van der Waals surface area contributed by atoms with Crippen LogP contribution in [-0.4, -0.2) is 30.1 Å². The lowest BCUT2D eigenvalue weighted by atomic mass is 10.0. The van der Waals surface area contributed by atoms with Gasteiger partial charge in [-0.1, -0.05) is 48.0 Å². The van der Waals surface area contributed by atoms with Crippen LogP contribution in [0.3, 0.4) is 0 Å². The molecule has 142 valence electrons. The Kier molecular flexibility index (Phi) is 5.17. The van der Waals surface area contributed by atoms with Crippen molar-refractivity contribution in [3.05, 3.63) is 77.4 Å². The molecule has 3 aromatic rings. The van der Waals surface area contributed by atoms with Gasteiger partial charge in [0.1, 0.15) is 11.1 Å². The van der Waals surface area contributed by atoms with E-state index in [0.29, 0.717) is 23.0 Å². The van der Waals surface area contributed by atoms with Gasteiger partial charge in [0.25, 0.3) is 5.91 Å². The first-order valence-electron chi connectivity index (χ1n) is 9.13. The molecule has 0 radical (unpaired) electrons. The van der Waals surface area contributed by atoms with Crippen molar-refractivity contribution in [3.8, 4) is 17.0 Å². The van der Waals surface area contributed by atoms with Crippen LogP contribution in [0.4, 0.5) is 5.69 Å². The molecular formula is C22H20ClN3O2. The van der Waals surface area contributed by atoms with Gasteiger partial charge in [0.2, 0.25) is 5.88 Å². The number of amides is 1. The number of primary amides is 1. The number of anilines is 1. The Labute approximate surface area is 168 Å². The lowest BCUT2D eigenvalue weighted by molar-refractivity contribution is 0.100. The van der Waals surface area contributed by atoms with Gasteiger partial charge in [-0.25, -0.2) is 4.98 Å². The number of carbonyl (C=O) groups is 1. The minimum atomic E-state index is -0.440. The van der Waals surface area contributed by atoms with Gasteiger partial charge in [-0.3, -0.25) is 4.79 Å². The molecule has 1 aliphatic rings. The standard InChI is InChI=1S/C22H20ClN3O2/c23-19-7-4-11-25-22(19)28-17-10-12-26(14-17)20-9-8-16(13-18(20)21(24)27)15-5-2-1-3-6-15/h1-9,11,13,17H,10,12,14H2,(H2,24,27). The number of rotatable bonds is 5. The second kappa shape index (κ2) is 7.90. The summed E-state index contributed by atoms with van der Waals surface area (Å²) in [5.41, 5.74) is 9.03. The average molecular weight is 394 g/mol. The summed E-state index contributed by atoms with van der Waals surface area (Å²) in [7, 11) is 0. The number of benzene rings is 2. The molecule has 1 aliphatic heterocycles. The average Bonchev–Trinajstić information content (AvgIpc) is 3.18. The van der Waals surface area contributed by atoms with Crippen LogP contribution in [0.15, 0.2) is 66.9 Å². The molecule has 0 spiro atoms. The first-order valence-corrected chi connectivity index (χ1v) is 9.51. The van der Waals surface area contributed by atoms with Crippen molar-refractivity contribution in [2.24, 2.45) is 5.73 Å². The number of hydrogen-bond donors (Lipinski definition) is 1. The number of carbonyl (C=O) groups excluding carboxylic acids is 1. The van der Waals surface area contributed by atoms with Crippen LogP contribution in [0.5, 0.6) is 5.88 Å². The number of aromatic nitrogens is 1. The summed E-state index contributed by atoms with van der Waals surface area (Å²) in [4.78, 5) is 18.4. The molecule has 0 bridgehead atoms. The fourth-order valence-electron chi connectivity index (χ4n) is 3.48. The maximum atomic E-state index is 12.1. The Morgan fingerprint density at radius 3 is 2.68 bits per heavy atom. The molecule has 4 rings (SSSR count). The largest absolute Gasteiger partial charge is 0.471 e. The number of nitrogens with zero attached hydrogens (tertiary/aromatic N) is 2. The SMILES string of the molecule is NC(=O)c1cc(-c2ccccc2)ccc1N1CCC(Oc2ncccc2Cl)C1. The predicted octanol–water partition coefficient (Wildman–Crippen LogP) is 4.16. The minimum Gasteiger partial charge on any atom is -0.471 e. The highest BCUT2D eigenvalue weighted by Crippen LogP contribution is 2.31. The minimum absolute atomic E-state index is 0.0538. The van der Waals surface area contributed by atoms with Gasteiger partial charge in [0.15, 0.2) is 0 Å². The Balaban J connectivity index is 1.56. The van der Waals surface area contributed by atoms with E-state index < -0.39 is 5.91 Å². The van der Waals surface area contributed by atoms with Crippen LogP contribution in [0.2, 0.25) is 5.02 Å². The predicted molar refractivity (Wildman–Crippen MR) is 111 cm³/mol. The highest BCUT2D eigenvalue weighted by Gasteiger charge is 2.27. The summed E-state index contributed by atoms with van der Waals surface area (Å²) < 4.78 is 5.95. The third-order valence-corrected chi connectivity index (χ3v) is 5.15. The molecule has 1 amide bonds. The first-order chi connectivity index (χ1) is 13.6. The van der Waals surface area contributed by atoms with E-state index in [1.54, 1.807) is 18.3 Å². The van der Waals surface area contributed by atoms with Crippen LogP contribution < -0.4 is 15.4 Å². The molecule has 1 fully saturated rings. The third kappa shape index (κ3) is 3.80. The molecule has 1 aromatic heterocycles. The lowest BCUT2D eigenvalue weighted by Crippen LogP contribution is -2.27. The second-order valence-electron chi connectivity index (χ2n) is 6.73. The fourth-order valence-corrected chi connectivity index (χ4v) is 3.64. The lowest BCUT2D eigenvalue weighted by Gasteiger charge is -2.22. The second-order valence-corrected chi connectivity index (χ2v) is 7.13. The number of pyridine rings is 1. The van der Waals surface area contributed by atoms with Crippen molar-refractivity contribution in [2.45, 2.75) is 12.5 Å². The van der Waals surface area contributed by atoms with Crippen LogP contribution in [0, 0.1) is 0 Å². The summed E-state index contributed by atoms with van der Waals surface area (Å²) in [6, 6.07) is 19.3. The van der Waals surface area contributed by atoms with E-state index in [2.05, 4.69) is 9.88 Å². The van der Waals surface area contributed by atoms with E-state index in [0.717, 1.165) is 29.8 Å². The Bertz CT molecular complexity index is 994. The zero-order valence-corrected chi connectivity index (χ0v) is 16.0. The zero-order valence-electron chi connectivity index (χ0n) is 15.2. The van der Waals surface area contributed by atoms with Crippen molar-refractivity contribution < 1.29 is 9.53 Å². The van der Waals surface area contributed by atoms with E-state index in [1.165, 1.54) is 0 Å². The van der Waals surface area contributed by atoms with Gasteiger partial charge in [0, 0.05) is 24.8 Å². The van der Waals surface area contributed by atoms with Gasteiger partial charge >= 0.3 is 0 Å². The third-order valence-electron chi connectivity index (χ3n) is 4.86. The van der Waals surface area contributed by atoms with Gasteiger partial charge in [-0.05, 0) is 35.4 Å². The summed E-state index contributed by atoms with van der Waals surface area (Å²) >= 11 is 6.14. The van der Waals surface area contributed by atoms with Crippen molar-refractivity contribution in [3.63, 3.8) is 0 Å². The smallest absolute Gasteiger partial charge is 0.250 e. The first kappa shape index (κ1) is 18.3. The number of ether oxygens (including phenoxy) is 1. The van der Waals surface area contributed by atoms with E-state index in [1.807, 2.05) is 48.5 Å². The molecule has 1 saturated heterocycles. The molecule has 0 saturated carbocycles. The van der Waals surface area contributed by atoms with Gasteiger partial charge in [0.05, 0.1) is 12.1 Å². The van der Waals surface area contributed by atoms with E-state index >= 15 is 0 Å². The van der Waals surface area contributed by atoms with Gasteiger partial charge in [-0.15, -0.1) is 0 Å². The van der Waals surface area contributed by atoms with Crippen molar-refractivity contribution >= 4 is 23.2 Å². The monoisotopic (exact) mass is 393 g/mol. The molecule has 28 heavy (non-hydrogen) atoms. The molecule has 2 N–H and O–H groups in total. The molecule has 2 heterocycles. The van der Waals surface area contributed by atoms with Crippen molar-refractivity contribution in [1.82, 2.24) is 4.98 Å². The molecule has 5 nitrogen and oxygen atoms in total. The van der Waals surface area contributed by atoms with Crippen LogP contribution in [0.1, 0.15) is 16.8 Å². The zero-order chi connectivity index (χ0) is 19.5. The van der Waals surface area contributed by atoms with Gasteiger partial charge in [-0.2, -0.15) is 0 Å². The number of nitrogens with two attached hydrogens (primary N) is 1. The highest BCUT2D eigenvalue weighted by molar-refractivity contribution is 6.31. The fraction of sp³-hybridized carbons (Fsp3) is 0.182. The van der Waals surface area contributed by atoms with E-state index in [-0.39, 0.29) is 6.10 Å². The molecule has 0 aliphatic carbocycles. The normalized spacial score (nSPS) is 16.2. The van der Waals surface area contributed by atoms with Crippen LogP contribution in [-0.2, 0) is 0 Å². The molecule has 1 atom stereocenters. The summed E-state index contributed by atoms with van der Waals surface area (Å²) in [5.74, 6) is -0.00418. The maximum absolute atomic E-state index is 12.1. The summed E-state index contributed by atoms with van der Waals surface area (Å²) in [5, 5.41) is 0.492. The van der Waals surface area contributed by atoms with Crippen LogP contribution >= 0.6 is 11.6 Å². The van der Waals surface area contributed by atoms with E-state index in [4.69, 9.17) is 22.1 Å². The Hall–Kier alpha value is -3.05.